The SMILES string of the molecule is O=C(CCCN1CCN(c2ccc(I3CCC3)cn2)CC1)N1CCC(Nc2ccc(C(F)(F)F)cn2)CC1. The molecular formula is C27H36F3IN6O. The van der Waals surface area contributed by atoms with Crippen molar-refractivity contribution in [2.24, 2.45) is 0 Å². The molecule has 0 saturated carbocycles. The Kier molecular flexibility index (Phi) is 8.91. The third kappa shape index (κ3) is 7.08. The number of anilines is 2. The molecule has 208 valence electrons. The van der Waals surface area contributed by atoms with Gasteiger partial charge in [0.25, 0.3) is 0 Å². The van der Waals surface area contributed by atoms with Crippen molar-refractivity contribution in [3.63, 3.8) is 0 Å². The number of aromatic nitrogens is 2. The molecular weight excluding hydrogens is 608 g/mol. The number of alkyl halides is 5. The van der Waals surface area contributed by atoms with Gasteiger partial charge in [0.05, 0.1) is 5.56 Å². The van der Waals surface area contributed by atoms with Gasteiger partial charge in [-0.25, -0.2) is 4.98 Å². The van der Waals surface area contributed by atoms with Gasteiger partial charge in [-0.3, -0.25) is 4.79 Å². The fourth-order valence-corrected chi connectivity index (χ4v) is 9.13. The van der Waals surface area contributed by atoms with Gasteiger partial charge >= 0.3 is 135 Å². The van der Waals surface area contributed by atoms with E-state index in [9.17, 15) is 18.0 Å². The summed E-state index contributed by atoms with van der Waals surface area (Å²) in [6, 6.07) is 7.03. The molecule has 0 atom stereocenters. The van der Waals surface area contributed by atoms with Gasteiger partial charge in [0.1, 0.15) is 5.82 Å². The zero-order chi connectivity index (χ0) is 26.5. The van der Waals surface area contributed by atoms with Gasteiger partial charge in [-0.1, -0.05) is 0 Å². The van der Waals surface area contributed by atoms with Crippen LogP contribution in [0, 0.1) is 3.57 Å². The minimum atomic E-state index is -4.38. The molecule has 3 aliphatic rings. The van der Waals surface area contributed by atoms with Gasteiger partial charge in [0.15, 0.2) is 0 Å². The molecule has 3 saturated heterocycles. The molecule has 38 heavy (non-hydrogen) atoms. The first-order valence-corrected chi connectivity index (χ1v) is 17.6. The maximum Gasteiger partial charge on any atom is 0.417 e. The van der Waals surface area contributed by atoms with Crippen molar-refractivity contribution in [1.29, 1.82) is 0 Å². The van der Waals surface area contributed by atoms with Crippen molar-refractivity contribution in [2.45, 2.75) is 44.3 Å². The van der Waals surface area contributed by atoms with E-state index in [0.717, 1.165) is 70.1 Å². The van der Waals surface area contributed by atoms with E-state index in [1.807, 2.05) is 4.90 Å². The summed E-state index contributed by atoms with van der Waals surface area (Å²) >= 11 is -0.821. The van der Waals surface area contributed by atoms with Crippen molar-refractivity contribution in [2.75, 3.05) is 64.9 Å². The molecule has 11 heteroatoms. The topological polar surface area (TPSA) is 64.6 Å². The monoisotopic (exact) mass is 644 g/mol. The zero-order valence-electron chi connectivity index (χ0n) is 21.6. The quantitative estimate of drug-likeness (QED) is 0.336. The van der Waals surface area contributed by atoms with Crippen LogP contribution in [0.3, 0.4) is 0 Å². The fourth-order valence-electron chi connectivity index (χ4n) is 5.14. The minimum Gasteiger partial charge on any atom is -0.367 e. The number of piperazine rings is 1. The summed E-state index contributed by atoms with van der Waals surface area (Å²) in [5, 5.41) is 3.20. The van der Waals surface area contributed by atoms with Crippen LogP contribution in [0.4, 0.5) is 24.8 Å². The van der Waals surface area contributed by atoms with E-state index in [1.165, 1.54) is 24.9 Å². The van der Waals surface area contributed by atoms with E-state index in [0.29, 0.717) is 25.3 Å². The van der Waals surface area contributed by atoms with Crippen LogP contribution >= 0.6 is 19.8 Å². The van der Waals surface area contributed by atoms with Gasteiger partial charge in [0.2, 0.25) is 0 Å². The van der Waals surface area contributed by atoms with Gasteiger partial charge in [0, 0.05) is 25.3 Å². The van der Waals surface area contributed by atoms with Gasteiger partial charge in [-0.15, -0.1) is 0 Å². The molecule has 3 fully saturated rings. The molecule has 7 nitrogen and oxygen atoms in total. The number of nitrogens with zero attached hydrogens (tertiary/aromatic N) is 5. The summed E-state index contributed by atoms with van der Waals surface area (Å²) in [5.41, 5.74) is -0.752. The van der Waals surface area contributed by atoms with Gasteiger partial charge in [-0.05, 0) is 25.0 Å². The van der Waals surface area contributed by atoms with Crippen LogP contribution in [0.25, 0.3) is 0 Å². The number of halogens is 4. The maximum absolute atomic E-state index is 12.7. The standard InChI is InChI=1S/C27H36F3IN6O/c28-27(29,30)21-4-6-24(32-19-21)34-23-8-13-37(14-9-23)26(38)3-1-12-35-15-17-36(18-16-35)25-7-5-22(20-33-25)31-10-2-11-31/h4-7,19-20,23H,1-3,8-18H2,(H,32,34). The minimum absolute atomic E-state index is 0.103. The summed E-state index contributed by atoms with van der Waals surface area (Å²) in [4.78, 5) is 28.1. The molecule has 2 aromatic heterocycles. The molecule has 1 amide bonds. The van der Waals surface area contributed by atoms with Crippen LogP contribution in [0.2, 0.25) is 0 Å². The number of hydrogen-bond acceptors (Lipinski definition) is 6. The molecule has 0 spiro atoms. The summed E-state index contributed by atoms with van der Waals surface area (Å²) in [6.07, 6.45) is 2.92. The Balaban J connectivity index is 0.965. The largest absolute Gasteiger partial charge is 0.417 e. The Morgan fingerprint density at radius 1 is 0.974 bits per heavy atom. The molecule has 2 aromatic rings. The number of amides is 1. The second kappa shape index (κ2) is 12.4. The number of nitrogens with one attached hydrogen (secondary N) is 1. The second-order valence-electron chi connectivity index (χ2n) is 10.2. The Bertz CT molecular complexity index is 1050. The van der Waals surface area contributed by atoms with E-state index >= 15 is 0 Å². The molecule has 3 aliphatic heterocycles. The van der Waals surface area contributed by atoms with E-state index in [2.05, 4.69) is 38.4 Å². The predicted molar refractivity (Wildman–Crippen MR) is 152 cm³/mol. The maximum atomic E-state index is 12.7. The smallest absolute Gasteiger partial charge is 0.367 e. The summed E-state index contributed by atoms with van der Waals surface area (Å²) < 4.78 is 42.6. The van der Waals surface area contributed by atoms with E-state index in [1.54, 1.807) is 0 Å². The number of likely N-dealkylation sites (tertiary alicyclic amines) is 1. The van der Waals surface area contributed by atoms with Crippen LogP contribution in [0.15, 0.2) is 36.7 Å². The van der Waals surface area contributed by atoms with Crippen molar-refractivity contribution < 1.29 is 18.0 Å². The Morgan fingerprint density at radius 2 is 1.74 bits per heavy atom. The number of piperidine rings is 1. The van der Waals surface area contributed by atoms with Crippen molar-refractivity contribution >= 4 is 37.4 Å². The summed E-state index contributed by atoms with van der Waals surface area (Å²) in [7, 11) is 0. The molecule has 0 unspecified atom stereocenters. The molecule has 5 heterocycles. The Hall–Kier alpha value is -2.15. The van der Waals surface area contributed by atoms with Crippen molar-refractivity contribution in [1.82, 2.24) is 19.8 Å². The Labute approximate surface area is 229 Å². The fraction of sp³-hybridized carbons (Fsp3) is 0.593. The Morgan fingerprint density at radius 3 is 2.32 bits per heavy atom. The normalized spacial score (nSPS) is 20.3. The number of carbonyl (C=O) groups excluding carboxylic acids is 1. The molecule has 0 bridgehead atoms. The third-order valence-electron chi connectivity index (χ3n) is 7.60. The average molecular weight is 645 g/mol. The van der Waals surface area contributed by atoms with Gasteiger partial charge in [-0.2, -0.15) is 13.2 Å². The van der Waals surface area contributed by atoms with Crippen LogP contribution < -0.4 is 10.2 Å². The first-order chi connectivity index (χ1) is 18.3. The summed E-state index contributed by atoms with van der Waals surface area (Å²) in [6.45, 7) is 6.16. The molecule has 1 N–H and O–H groups in total. The first-order valence-electron chi connectivity index (χ1n) is 13.5. The van der Waals surface area contributed by atoms with Crippen molar-refractivity contribution in [3.05, 3.63) is 45.8 Å². The van der Waals surface area contributed by atoms with E-state index in [-0.39, 0.29) is 11.9 Å². The number of hydrogen-bond donors (Lipinski definition) is 1. The third-order valence-corrected chi connectivity index (χ3v) is 14.1. The van der Waals surface area contributed by atoms with Crippen LogP contribution in [-0.4, -0.2) is 86.4 Å². The van der Waals surface area contributed by atoms with E-state index < -0.39 is 31.6 Å². The van der Waals surface area contributed by atoms with Crippen LogP contribution in [0.1, 0.15) is 37.7 Å². The second-order valence-corrected chi connectivity index (χ2v) is 16.2. The number of pyridine rings is 2. The van der Waals surface area contributed by atoms with Crippen LogP contribution in [0.5, 0.6) is 0 Å². The summed E-state index contributed by atoms with van der Waals surface area (Å²) in [5.74, 6) is 1.72. The number of rotatable bonds is 8. The molecule has 0 radical (unpaired) electrons. The average Bonchev–Trinajstić information content (AvgIpc) is 2.89. The molecule has 5 rings (SSSR count). The van der Waals surface area contributed by atoms with E-state index in [4.69, 9.17) is 4.98 Å². The zero-order valence-corrected chi connectivity index (χ0v) is 23.8. The molecule has 0 aliphatic carbocycles. The molecule has 0 aromatic carbocycles. The number of carbonyl (C=O) groups is 1. The predicted octanol–water partition coefficient (Wildman–Crippen LogP) is 4.58. The first kappa shape index (κ1) is 27.4. The van der Waals surface area contributed by atoms with Crippen LogP contribution in [-0.2, 0) is 11.0 Å². The van der Waals surface area contributed by atoms with Gasteiger partial charge < -0.3 is 10.2 Å². The van der Waals surface area contributed by atoms with Crippen molar-refractivity contribution in [3.8, 4) is 0 Å².